The zero-order valence-electron chi connectivity index (χ0n) is 7.43. The smallest absolute Gasteiger partial charge is 0.129 e. The summed E-state index contributed by atoms with van der Waals surface area (Å²) in [6, 6.07) is 3.49. The Bertz CT molecular complexity index is 284. The van der Waals surface area contributed by atoms with Crippen molar-refractivity contribution in [2.75, 3.05) is 0 Å². The number of aryl methyl sites for hydroxylation is 1. The van der Waals surface area contributed by atoms with Gasteiger partial charge in [0.25, 0.3) is 0 Å². The molecular formula is C10H12F2O. The average Bonchev–Trinajstić information content (AvgIpc) is 2.02. The van der Waals surface area contributed by atoms with Crippen LogP contribution in [-0.2, 0) is 6.42 Å². The predicted octanol–water partition coefficient (Wildman–Crippen LogP) is 2.28. The molecule has 0 aliphatic carbocycles. The minimum absolute atomic E-state index is 0.434. The van der Waals surface area contributed by atoms with Gasteiger partial charge in [-0.3, -0.25) is 0 Å². The van der Waals surface area contributed by atoms with Crippen LogP contribution in [-0.4, -0.2) is 11.2 Å². The fourth-order valence-corrected chi connectivity index (χ4v) is 1.09. The second-order valence-electron chi connectivity index (χ2n) is 3.12. The maximum Gasteiger partial charge on any atom is 0.129 e. The molecule has 1 nitrogen and oxygen atoms in total. The highest BCUT2D eigenvalue weighted by molar-refractivity contribution is 5.18. The van der Waals surface area contributed by atoms with Crippen LogP contribution >= 0.6 is 0 Å². The fourth-order valence-electron chi connectivity index (χ4n) is 1.09. The summed E-state index contributed by atoms with van der Waals surface area (Å²) in [7, 11) is 0. The van der Waals surface area contributed by atoms with Crippen molar-refractivity contribution in [1.82, 2.24) is 0 Å². The lowest BCUT2D eigenvalue weighted by molar-refractivity contribution is 0.184. The third kappa shape index (κ3) is 3.11. The molecule has 13 heavy (non-hydrogen) atoms. The molecule has 0 aromatic heterocycles. The van der Waals surface area contributed by atoms with Gasteiger partial charge in [0, 0.05) is 6.07 Å². The van der Waals surface area contributed by atoms with Gasteiger partial charge in [0.15, 0.2) is 0 Å². The lowest BCUT2D eigenvalue weighted by atomic mass is 10.1. The molecule has 0 unspecified atom stereocenters. The third-order valence-corrected chi connectivity index (χ3v) is 1.85. The largest absolute Gasteiger partial charge is 0.393 e. The second-order valence-corrected chi connectivity index (χ2v) is 3.12. The van der Waals surface area contributed by atoms with Crippen LogP contribution < -0.4 is 0 Å². The maximum atomic E-state index is 13.0. The minimum Gasteiger partial charge on any atom is -0.393 e. The second kappa shape index (κ2) is 4.33. The zero-order chi connectivity index (χ0) is 9.84. The van der Waals surface area contributed by atoms with Gasteiger partial charge in [0.1, 0.15) is 11.6 Å². The first-order chi connectivity index (χ1) is 6.09. The van der Waals surface area contributed by atoms with Gasteiger partial charge in [0.2, 0.25) is 0 Å². The Morgan fingerprint density at radius 3 is 2.62 bits per heavy atom. The van der Waals surface area contributed by atoms with Crippen LogP contribution in [0.15, 0.2) is 18.2 Å². The van der Waals surface area contributed by atoms with E-state index in [4.69, 9.17) is 5.11 Å². The molecule has 1 N–H and O–H groups in total. The van der Waals surface area contributed by atoms with Gasteiger partial charge < -0.3 is 5.11 Å². The van der Waals surface area contributed by atoms with E-state index in [1.807, 2.05) is 0 Å². The Morgan fingerprint density at radius 2 is 2.08 bits per heavy atom. The van der Waals surface area contributed by atoms with Crippen molar-refractivity contribution in [3.63, 3.8) is 0 Å². The van der Waals surface area contributed by atoms with E-state index in [0.29, 0.717) is 18.4 Å². The van der Waals surface area contributed by atoms with E-state index in [0.717, 1.165) is 6.07 Å². The van der Waals surface area contributed by atoms with Crippen LogP contribution in [0.5, 0.6) is 0 Å². The number of halogens is 2. The fraction of sp³-hybridized carbons (Fsp3) is 0.400. The van der Waals surface area contributed by atoms with E-state index < -0.39 is 17.7 Å². The first-order valence-electron chi connectivity index (χ1n) is 4.21. The zero-order valence-corrected chi connectivity index (χ0v) is 7.43. The normalized spacial score (nSPS) is 12.9. The summed E-state index contributed by atoms with van der Waals surface area (Å²) in [5, 5.41) is 8.96. The summed E-state index contributed by atoms with van der Waals surface area (Å²) in [5.41, 5.74) is 0.447. The maximum absolute atomic E-state index is 13.0. The number of rotatable bonds is 3. The first kappa shape index (κ1) is 10.1. The number of hydrogen-bond donors (Lipinski definition) is 1. The molecule has 3 heteroatoms. The molecule has 0 heterocycles. The molecule has 0 amide bonds. The number of aliphatic hydroxyl groups is 1. The topological polar surface area (TPSA) is 20.2 Å². The van der Waals surface area contributed by atoms with Crippen molar-refractivity contribution < 1.29 is 13.9 Å². The molecule has 0 spiro atoms. The van der Waals surface area contributed by atoms with Gasteiger partial charge in [-0.1, -0.05) is 6.07 Å². The molecule has 1 rings (SSSR count). The molecular weight excluding hydrogens is 174 g/mol. The van der Waals surface area contributed by atoms with Crippen molar-refractivity contribution in [3.05, 3.63) is 35.4 Å². The van der Waals surface area contributed by atoms with Gasteiger partial charge in [-0.2, -0.15) is 0 Å². The highest BCUT2D eigenvalue weighted by Crippen LogP contribution is 2.12. The Kier molecular flexibility index (Phi) is 3.37. The van der Waals surface area contributed by atoms with Crippen LogP contribution in [0.1, 0.15) is 18.9 Å². The SMILES string of the molecule is C[C@H](O)CCc1ccc(F)cc1F. The summed E-state index contributed by atoms with van der Waals surface area (Å²) in [6.07, 6.45) is 0.469. The van der Waals surface area contributed by atoms with Crippen LogP contribution in [0.4, 0.5) is 8.78 Å². The van der Waals surface area contributed by atoms with Crippen LogP contribution in [0, 0.1) is 11.6 Å². The average molecular weight is 186 g/mol. The molecule has 0 aliphatic heterocycles. The first-order valence-corrected chi connectivity index (χ1v) is 4.21. The Morgan fingerprint density at radius 1 is 1.38 bits per heavy atom. The van der Waals surface area contributed by atoms with Crippen molar-refractivity contribution in [2.24, 2.45) is 0 Å². The number of hydrogen-bond acceptors (Lipinski definition) is 1. The Balaban J connectivity index is 2.67. The molecule has 0 radical (unpaired) electrons. The lowest BCUT2D eigenvalue weighted by Crippen LogP contribution is -2.02. The number of benzene rings is 1. The quantitative estimate of drug-likeness (QED) is 0.767. The van der Waals surface area contributed by atoms with E-state index in [1.165, 1.54) is 12.1 Å². The van der Waals surface area contributed by atoms with Crippen LogP contribution in [0.25, 0.3) is 0 Å². The molecule has 0 saturated carbocycles. The van der Waals surface area contributed by atoms with Crippen molar-refractivity contribution in [1.29, 1.82) is 0 Å². The summed E-state index contributed by atoms with van der Waals surface area (Å²) in [6.45, 7) is 1.64. The molecule has 0 saturated heterocycles. The van der Waals surface area contributed by atoms with Crippen molar-refractivity contribution >= 4 is 0 Å². The standard InChI is InChI=1S/C10H12F2O/c1-7(13)2-3-8-4-5-9(11)6-10(8)12/h4-7,13H,2-3H2,1H3/t7-/m0/s1. The van der Waals surface area contributed by atoms with Gasteiger partial charge in [0.05, 0.1) is 6.10 Å². The van der Waals surface area contributed by atoms with Gasteiger partial charge >= 0.3 is 0 Å². The summed E-state index contributed by atoms with van der Waals surface area (Å²) in [4.78, 5) is 0. The molecule has 1 aromatic carbocycles. The minimum atomic E-state index is -0.571. The van der Waals surface area contributed by atoms with E-state index in [2.05, 4.69) is 0 Å². The lowest BCUT2D eigenvalue weighted by Gasteiger charge is -2.04. The van der Waals surface area contributed by atoms with E-state index in [9.17, 15) is 8.78 Å². The van der Waals surface area contributed by atoms with Crippen LogP contribution in [0.3, 0.4) is 0 Å². The summed E-state index contributed by atoms with van der Waals surface area (Å²) < 4.78 is 25.4. The highest BCUT2D eigenvalue weighted by atomic mass is 19.1. The van der Waals surface area contributed by atoms with Gasteiger partial charge in [-0.15, -0.1) is 0 Å². The van der Waals surface area contributed by atoms with Crippen molar-refractivity contribution in [3.8, 4) is 0 Å². The van der Waals surface area contributed by atoms with Gasteiger partial charge in [-0.25, -0.2) is 8.78 Å². The Labute approximate surface area is 76.0 Å². The van der Waals surface area contributed by atoms with E-state index in [-0.39, 0.29) is 0 Å². The monoisotopic (exact) mass is 186 g/mol. The van der Waals surface area contributed by atoms with E-state index in [1.54, 1.807) is 6.92 Å². The molecule has 1 aromatic rings. The molecule has 0 bridgehead atoms. The molecule has 0 fully saturated rings. The Hall–Kier alpha value is -0.960. The summed E-state index contributed by atoms with van der Waals surface area (Å²) >= 11 is 0. The van der Waals surface area contributed by atoms with Crippen LogP contribution in [0.2, 0.25) is 0 Å². The highest BCUT2D eigenvalue weighted by Gasteiger charge is 2.04. The van der Waals surface area contributed by atoms with Crippen molar-refractivity contribution in [2.45, 2.75) is 25.9 Å². The number of aliphatic hydroxyl groups excluding tert-OH is 1. The predicted molar refractivity (Wildman–Crippen MR) is 46.4 cm³/mol. The van der Waals surface area contributed by atoms with E-state index >= 15 is 0 Å². The molecule has 72 valence electrons. The third-order valence-electron chi connectivity index (χ3n) is 1.85. The summed E-state index contributed by atoms with van der Waals surface area (Å²) in [5.74, 6) is -1.11. The van der Waals surface area contributed by atoms with Gasteiger partial charge in [-0.05, 0) is 31.4 Å². The molecule has 1 atom stereocenters. The molecule has 0 aliphatic rings.